The summed E-state index contributed by atoms with van der Waals surface area (Å²) in [4.78, 5) is 8.79. The largest absolute Gasteiger partial charge is 0.508 e. The van der Waals surface area contributed by atoms with E-state index in [4.69, 9.17) is 0 Å². The van der Waals surface area contributed by atoms with Gasteiger partial charge >= 0.3 is 0 Å². The van der Waals surface area contributed by atoms with Crippen LogP contribution in [-0.4, -0.2) is 15.1 Å². The molecule has 0 spiro atoms. The fourth-order valence-corrected chi connectivity index (χ4v) is 2.33. The van der Waals surface area contributed by atoms with E-state index in [2.05, 4.69) is 20.2 Å². The summed E-state index contributed by atoms with van der Waals surface area (Å²) in [6.07, 6.45) is 0. The number of aromatic hydroxyl groups is 1. The molecule has 5 nitrogen and oxygen atoms in total. The van der Waals surface area contributed by atoms with Gasteiger partial charge in [-0.3, -0.25) is 0 Å². The summed E-state index contributed by atoms with van der Waals surface area (Å²) >= 11 is 0. The Morgan fingerprint density at radius 1 is 0.958 bits per heavy atom. The zero-order chi connectivity index (χ0) is 16.9. The predicted octanol–water partition coefficient (Wildman–Crippen LogP) is 5.00. The number of phenolic OH excluding ortho intramolecular Hbond substituents is 1. The molecule has 1 N–H and O–H groups in total. The monoisotopic (exact) mass is 318 g/mol. The maximum absolute atomic E-state index is 9.34. The van der Waals surface area contributed by atoms with E-state index in [1.54, 1.807) is 12.1 Å². The maximum atomic E-state index is 9.34. The zero-order valence-corrected chi connectivity index (χ0v) is 13.6. The number of azo groups is 1. The Bertz CT molecular complexity index is 845. The Morgan fingerprint density at radius 3 is 2.38 bits per heavy atom. The molecule has 1 unspecified atom stereocenters. The van der Waals surface area contributed by atoms with Crippen molar-refractivity contribution in [1.82, 2.24) is 9.97 Å². The summed E-state index contributed by atoms with van der Waals surface area (Å²) in [5.74, 6) is 1.43. The van der Waals surface area contributed by atoms with Gasteiger partial charge in [-0.2, -0.15) is 5.11 Å². The first kappa shape index (κ1) is 15.8. The van der Waals surface area contributed by atoms with Crippen molar-refractivity contribution >= 4 is 5.82 Å². The summed E-state index contributed by atoms with van der Waals surface area (Å²) in [6.45, 7) is 3.79. The standard InChI is InChI=1S/C19H18N4O/c1-13(15-8-10-17(24)11-9-15)22-23-19-12-18(20-14(2)21-19)16-6-4-3-5-7-16/h3-13,24H,1-2H3. The van der Waals surface area contributed by atoms with Gasteiger partial charge < -0.3 is 5.11 Å². The molecule has 5 heteroatoms. The molecule has 0 saturated heterocycles. The third-order valence-corrected chi connectivity index (χ3v) is 3.60. The van der Waals surface area contributed by atoms with E-state index in [9.17, 15) is 5.11 Å². The van der Waals surface area contributed by atoms with E-state index in [0.717, 1.165) is 16.8 Å². The van der Waals surface area contributed by atoms with E-state index in [1.165, 1.54) is 0 Å². The van der Waals surface area contributed by atoms with Crippen molar-refractivity contribution in [1.29, 1.82) is 0 Å². The third kappa shape index (κ3) is 3.81. The highest BCUT2D eigenvalue weighted by atomic mass is 16.3. The van der Waals surface area contributed by atoms with Crippen LogP contribution in [0.1, 0.15) is 24.4 Å². The van der Waals surface area contributed by atoms with Crippen LogP contribution in [0.25, 0.3) is 11.3 Å². The van der Waals surface area contributed by atoms with E-state index >= 15 is 0 Å². The minimum atomic E-state index is -0.124. The van der Waals surface area contributed by atoms with Crippen LogP contribution < -0.4 is 0 Å². The van der Waals surface area contributed by atoms with Crippen LogP contribution in [0.15, 0.2) is 70.9 Å². The molecule has 2 aromatic carbocycles. The quantitative estimate of drug-likeness (QED) is 0.688. The molecule has 0 amide bonds. The zero-order valence-electron chi connectivity index (χ0n) is 13.6. The first-order valence-electron chi connectivity index (χ1n) is 7.73. The van der Waals surface area contributed by atoms with E-state index < -0.39 is 0 Å². The van der Waals surface area contributed by atoms with Gasteiger partial charge in [-0.15, -0.1) is 5.11 Å². The number of hydrogen-bond acceptors (Lipinski definition) is 5. The smallest absolute Gasteiger partial charge is 0.177 e. The number of rotatable bonds is 4. The lowest BCUT2D eigenvalue weighted by Gasteiger charge is -2.06. The Balaban J connectivity index is 1.84. The molecule has 0 aliphatic carbocycles. The van der Waals surface area contributed by atoms with Crippen LogP contribution in [-0.2, 0) is 0 Å². The van der Waals surface area contributed by atoms with Crippen LogP contribution in [0.3, 0.4) is 0 Å². The normalized spacial score (nSPS) is 12.4. The fourth-order valence-electron chi connectivity index (χ4n) is 2.33. The first-order valence-corrected chi connectivity index (χ1v) is 7.73. The molecule has 24 heavy (non-hydrogen) atoms. The Labute approximate surface area is 140 Å². The van der Waals surface area contributed by atoms with Crippen LogP contribution in [0.4, 0.5) is 5.82 Å². The van der Waals surface area contributed by atoms with Crippen molar-refractivity contribution in [2.75, 3.05) is 0 Å². The molecule has 1 heterocycles. The molecular weight excluding hydrogens is 300 g/mol. The summed E-state index contributed by atoms with van der Waals surface area (Å²) < 4.78 is 0. The minimum Gasteiger partial charge on any atom is -0.508 e. The minimum absolute atomic E-state index is 0.124. The van der Waals surface area contributed by atoms with Crippen molar-refractivity contribution < 1.29 is 5.11 Å². The molecule has 0 radical (unpaired) electrons. The second-order valence-corrected chi connectivity index (χ2v) is 5.51. The fraction of sp³-hybridized carbons (Fsp3) is 0.158. The summed E-state index contributed by atoms with van der Waals surface area (Å²) in [5, 5.41) is 17.9. The number of nitrogens with zero attached hydrogens (tertiary/aromatic N) is 4. The summed E-state index contributed by atoms with van der Waals surface area (Å²) in [5.41, 5.74) is 2.82. The van der Waals surface area contributed by atoms with Crippen LogP contribution in [0.2, 0.25) is 0 Å². The van der Waals surface area contributed by atoms with Crippen molar-refractivity contribution in [2.24, 2.45) is 10.2 Å². The van der Waals surface area contributed by atoms with Crippen molar-refractivity contribution in [2.45, 2.75) is 19.9 Å². The Morgan fingerprint density at radius 2 is 1.67 bits per heavy atom. The number of aryl methyl sites for hydroxylation is 1. The lowest BCUT2D eigenvalue weighted by molar-refractivity contribution is 0.475. The van der Waals surface area contributed by atoms with E-state index in [-0.39, 0.29) is 11.8 Å². The van der Waals surface area contributed by atoms with Gasteiger partial charge in [-0.05, 0) is 31.5 Å². The van der Waals surface area contributed by atoms with Gasteiger partial charge in [0.05, 0.1) is 11.7 Å². The third-order valence-electron chi connectivity index (χ3n) is 3.60. The average Bonchev–Trinajstić information content (AvgIpc) is 2.60. The maximum Gasteiger partial charge on any atom is 0.177 e. The Hall–Kier alpha value is -3.08. The molecule has 1 atom stereocenters. The molecule has 120 valence electrons. The topological polar surface area (TPSA) is 70.7 Å². The molecule has 0 saturated carbocycles. The van der Waals surface area contributed by atoms with Crippen molar-refractivity contribution in [3.63, 3.8) is 0 Å². The SMILES string of the molecule is Cc1nc(N=NC(C)c2ccc(O)cc2)cc(-c2ccccc2)n1. The molecule has 0 bridgehead atoms. The van der Waals surface area contributed by atoms with Gasteiger partial charge in [-0.1, -0.05) is 42.5 Å². The Kier molecular flexibility index (Phi) is 4.61. The number of phenols is 1. The molecule has 1 aromatic heterocycles. The highest BCUT2D eigenvalue weighted by molar-refractivity contribution is 5.61. The number of aromatic nitrogens is 2. The number of benzene rings is 2. The summed E-state index contributed by atoms with van der Waals surface area (Å²) in [6, 6.07) is 18.6. The highest BCUT2D eigenvalue weighted by Gasteiger charge is 2.06. The molecular formula is C19H18N4O. The van der Waals surface area contributed by atoms with Crippen molar-refractivity contribution in [3.8, 4) is 17.0 Å². The van der Waals surface area contributed by atoms with Gasteiger partial charge in [0, 0.05) is 11.6 Å². The second kappa shape index (κ2) is 7.00. The van der Waals surface area contributed by atoms with Gasteiger partial charge in [0.15, 0.2) is 5.82 Å². The molecule has 0 aliphatic heterocycles. The second-order valence-electron chi connectivity index (χ2n) is 5.51. The molecule has 3 rings (SSSR count). The van der Waals surface area contributed by atoms with E-state index in [0.29, 0.717) is 11.6 Å². The highest BCUT2D eigenvalue weighted by Crippen LogP contribution is 2.24. The molecule has 0 aliphatic rings. The summed E-state index contributed by atoms with van der Waals surface area (Å²) in [7, 11) is 0. The van der Waals surface area contributed by atoms with Crippen LogP contribution in [0.5, 0.6) is 5.75 Å². The average molecular weight is 318 g/mol. The molecule has 3 aromatic rings. The van der Waals surface area contributed by atoms with E-state index in [1.807, 2.05) is 62.4 Å². The van der Waals surface area contributed by atoms with Crippen molar-refractivity contribution in [3.05, 3.63) is 72.1 Å². The first-order chi connectivity index (χ1) is 11.6. The van der Waals surface area contributed by atoms with Crippen LogP contribution >= 0.6 is 0 Å². The van der Waals surface area contributed by atoms with Crippen LogP contribution in [0, 0.1) is 6.92 Å². The lowest BCUT2D eigenvalue weighted by atomic mass is 10.1. The number of hydrogen-bond donors (Lipinski definition) is 1. The predicted molar refractivity (Wildman–Crippen MR) is 93.2 cm³/mol. The van der Waals surface area contributed by atoms with Gasteiger partial charge in [0.25, 0.3) is 0 Å². The molecule has 0 fully saturated rings. The lowest BCUT2D eigenvalue weighted by Crippen LogP contribution is -1.92. The van der Waals surface area contributed by atoms with Gasteiger partial charge in [0.1, 0.15) is 11.6 Å². The van der Waals surface area contributed by atoms with Gasteiger partial charge in [0.2, 0.25) is 0 Å². The van der Waals surface area contributed by atoms with Gasteiger partial charge in [-0.25, -0.2) is 9.97 Å².